The first-order valence-electron chi connectivity index (χ1n) is 11.3. The number of thiazole rings is 1. The van der Waals surface area contributed by atoms with Crippen molar-refractivity contribution in [2.75, 3.05) is 11.9 Å². The number of carboxylic acid groups (broad SMARTS) is 1. The second-order valence-electron chi connectivity index (χ2n) is 7.90. The molecule has 0 spiro atoms. The summed E-state index contributed by atoms with van der Waals surface area (Å²) in [5, 5.41) is 17.7. The van der Waals surface area contributed by atoms with Crippen LogP contribution in [0.3, 0.4) is 0 Å². The van der Waals surface area contributed by atoms with Crippen LogP contribution >= 0.6 is 11.3 Å². The number of urea groups is 1. The van der Waals surface area contributed by atoms with Gasteiger partial charge in [-0.3, -0.25) is 14.7 Å². The predicted molar refractivity (Wildman–Crippen MR) is 141 cm³/mol. The van der Waals surface area contributed by atoms with Crippen LogP contribution in [0.15, 0.2) is 77.3 Å². The Morgan fingerprint density at radius 2 is 1.92 bits per heavy atom. The number of hydrogen-bond acceptors (Lipinski definition) is 7. The van der Waals surface area contributed by atoms with Gasteiger partial charge in [-0.05, 0) is 25.1 Å². The van der Waals surface area contributed by atoms with E-state index in [1.165, 1.54) is 40.6 Å². The van der Waals surface area contributed by atoms with Crippen LogP contribution < -0.4 is 16.1 Å². The fraction of sp³-hybridized carbons (Fsp3) is 0.0769. The number of amides is 2. The molecule has 4 aromatic heterocycles. The van der Waals surface area contributed by atoms with E-state index in [4.69, 9.17) is 4.98 Å². The highest BCUT2D eigenvalue weighted by Gasteiger charge is 2.20. The summed E-state index contributed by atoms with van der Waals surface area (Å²) in [5.41, 5.74) is 1.95. The maximum Gasteiger partial charge on any atom is 0.341 e. The number of nitrogens with one attached hydrogen (secondary N) is 2. The number of carbonyl (C=O) groups is 2. The Kier molecular flexibility index (Phi) is 6.43. The Hall–Kier alpha value is -4.90. The lowest BCUT2D eigenvalue weighted by atomic mass is 10.1. The lowest BCUT2D eigenvalue weighted by Gasteiger charge is -2.15. The second-order valence-corrected chi connectivity index (χ2v) is 8.75. The molecule has 5 aromatic rings. The van der Waals surface area contributed by atoms with E-state index >= 15 is 0 Å². The Morgan fingerprint density at radius 1 is 1.11 bits per heavy atom. The van der Waals surface area contributed by atoms with Gasteiger partial charge in [0, 0.05) is 35.4 Å². The molecule has 0 aliphatic rings. The third-order valence-corrected chi connectivity index (χ3v) is 6.39. The van der Waals surface area contributed by atoms with Crippen molar-refractivity contribution >= 4 is 40.2 Å². The maximum atomic E-state index is 12.8. The summed E-state index contributed by atoms with van der Waals surface area (Å²) in [6.45, 7) is 2.24. The molecule has 0 saturated carbocycles. The SMILES string of the molecule is CCNC(=O)Nc1cc(-c2nc(-c3ccccc3)cs2)c(-n2cc(C(=O)O)c(=O)c3cccnc32)cn1. The highest BCUT2D eigenvalue weighted by molar-refractivity contribution is 7.13. The fourth-order valence-corrected chi connectivity index (χ4v) is 4.69. The number of hydrogen-bond donors (Lipinski definition) is 3. The van der Waals surface area contributed by atoms with Gasteiger partial charge in [0.05, 0.1) is 23.0 Å². The molecule has 0 fully saturated rings. The van der Waals surface area contributed by atoms with Gasteiger partial charge in [0.25, 0.3) is 0 Å². The van der Waals surface area contributed by atoms with Gasteiger partial charge >= 0.3 is 12.0 Å². The van der Waals surface area contributed by atoms with Crippen LogP contribution in [-0.4, -0.2) is 43.2 Å². The number of pyridine rings is 3. The molecular formula is C26H20N6O4S. The van der Waals surface area contributed by atoms with Crippen molar-refractivity contribution in [3.63, 3.8) is 0 Å². The molecule has 5 rings (SSSR count). The topological polar surface area (TPSA) is 139 Å². The van der Waals surface area contributed by atoms with E-state index in [0.29, 0.717) is 22.8 Å². The van der Waals surface area contributed by atoms with Crippen molar-refractivity contribution in [1.82, 2.24) is 24.8 Å². The van der Waals surface area contributed by atoms with Crippen molar-refractivity contribution < 1.29 is 14.7 Å². The smallest absolute Gasteiger partial charge is 0.341 e. The van der Waals surface area contributed by atoms with Crippen LogP contribution in [0.25, 0.3) is 38.5 Å². The maximum absolute atomic E-state index is 12.8. The number of carboxylic acids is 1. The summed E-state index contributed by atoms with van der Waals surface area (Å²) in [5.74, 6) is -1.08. The van der Waals surface area contributed by atoms with Crippen LogP contribution in [0.5, 0.6) is 0 Å². The summed E-state index contributed by atoms with van der Waals surface area (Å²) in [6.07, 6.45) is 4.25. The average molecular weight is 513 g/mol. The number of rotatable bonds is 6. The van der Waals surface area contributed by atoms with Gasteiger partial charge in [0.15, 0.2) is 0 Å². The van der Waals surface area contributed by atoms with Crippen LogP contribution in [0, 0.1) is 0 Å². The van der Waals surface area contributed by atoms with Crippen molar-refractivity contribution in [3.05, 3.63) is 88.3 Å². The first kappa shape index (κ1) is 23.8. The van der Waals surface area contributed by atoms with Gasteiger partial charge in [-0.2, -0.15) is 0 Å². The molecule has 2 amide bonds. The summed E-state index contributed by atoms with van der Waals surface area (Å²) < 4.78 is 1.52. The molecular weight excluding hydrogens is 492 g/mol. The number of aromatic carboxylic acids is 1. The Balaban J connectivity index is 1.74. The number of aromatic nitrogens is 4. The Bertz CT molecular complexity index is 1700. The molecule has 1 aromatic carbocycles. The molecule has 0 bridgehead atoms. The molecule has 11 heteroatoms. The second kappa shape index (κ2) is 9.99. The lowest BCUT2D eigenvalue weighted by molar-refractivity contribution is 0.0695. The highest BCUT2D eigenvalue weighted by atomic mass is 32.1. The summed E-state index contributed by atoms with van der Waals surface area (Å²) in [6, 6.07) is 14.0. The molecule has 0 radical (unpaired) electrons. The fourth-order valence-electron chi connectivity index (χ4n) is 3.84. The van der Waals surface area contributed by atoms with E-state index in [1.807, 2.05) is 35.7 Å². The normalized spacial score (nSPS) is 10.8. The zero-order valence-electron chi connectivity index (χ0n) is 19.5. The van der Waals surface area contributed by atoms with Crippen LogP contribution in [-0.2, 0) is 0 Å². The van der Waals surface area contributed by atoms with Gasteiger partial charge in [-0.25, -0.2) is 24.5 Å². The molecule has 0 saturated heterocycles. The largest absolute Gasteiger partial charge is 0.477 e. The molecule has 4 heterocycles. The summed E-state index contributed by atoms with van der Waals surface area (Å²) >= 11 is 1.38. The van der Waals surface area contributed by atoms with Crippen molar-refractivity contribution in [2.45, 2.75) is 6.92 Å². The minimum atomic E-state index is -1.35. The lowest BCUT2D eigenvalue weighted by Crippen LogP contribution is -2.28. The summed E-state index contributed by atoms with van der Waals surface area (Å²) in [7, 11) is 0. The van der Waals surface area contributed by atoms with Crippen molar-refractivity contribution in [1.29, 1.82) is 0 Å². The Labute approximate surface area is 214 Å². The standard InChI is InChI=1S/C26H20N6O4S/c1-2-27-26(36)31-21-11-17(24-30-19(14-37-24)15-7-4-3-5-8-15)20(12-29-21)32-13-18(25(34)35)22(33)16-9-6-10-28-23(16)32/h3-14H,2H2,1H3,(H,34,35)(H2,27,29,31,36). The van der Waals surface area contributed by atoms with E-state index < -0.39 is 23.0 Å². The van der Waals surface area contributed by atoms with Gasteiger partial charge in [-0.15, -0.1) is 11.3 Å². The van der Waals surface area contributed by atoms with Crippen LogP contribution in [0.4, 0.5) is 10.6 Å². The van der Waals surface area contributed by atoms with E-state index in [0.717, 1.165) is 11.3 Å². The molecule has 0 atom stereocenters. The number of benzene rings is 1. The molecule has 3 N–H and O–H groups in total. The monoisotopic (exact) mass is 512 g/mol. The summed E-state index contributed by atoms with van der Waals surface area (Å²) in [4.78, 5) is 50.3. The molecule has 0 aliphatic carbocycles. The van der Waals surface area contributed by atoms with Gasteiger partial charge < -0.3 is 10.4 Å². The van der Waals surface area contributed by atoms with Crippen LogP contribution in [0.2, 0.25) is 0 Å². The van der Waals surface area contributed by atoms with Crippen LogP contribution in [0.1, 0.15) is 17.3 Å². The van der Waals surface area contributed by atoms with Crippen molar-refractivity contribution in [3.8, 4) is 27.5 Å². The predicted octanol–water partition coefficient (Wildman–Crippen LogP) is 4.41. The zero-order chi connectivity index (χ0) is 25.9. The molecule has 0 unspecified atom stereocenters. The van der Waals surface area contributed by atoms with Crippen molar-refractivity contribution in [2.24, 2.45) is 0 Å². The third kappa shape index (κ3) is 4.67. The average Bonchev–Trinajstić information content (AvgIpc) is 3.40. The Morgan fingerprint density at radius 3 is 2.68 bits per heavy atom. The van der Waals surface area contributed by atoms with E-state index in [1.54, 1.807) is 19.1 Å². The first-order chi connectivity index (χ1) is 18.0. The van der Waals surface area contributed by atoms with Gasteiger partial charge in [-0.1, -0.05) is 30.3 Å². The first-order valence-corrected chi connectivity index (χ1v) is 12.1. The highest BCUT2D eigenvalue weighted by Crippen LogP contribution is 2.34. The number of carbonyl (C=O) groups excluding carboxylic acids is 1. The minimum Gasteiger partial charge on any atom is -0.477 e. The van der Waals surface area contributed by atoms with E-state index in [2.05, 4.69) is 20.6 Å². The molecule has 0 aliphatic heterocycles. The van der Waals surface area contributed by atoms with Gasteiger partial charge in [0.1, 0.15) is 22.0 Å². The van der Waals surface area contributed by atoms with E-state index in [-0.39, 0.29) is 16.9 Å². The number of fused-ring (bicyclic) bond motifs is 1. The zero-order valence-corrected chi connectivity index (χ0v) is 20.3. The minimum absolute atomic E-state index is 0.155. The quantitative estimate of drug-likeness (QED) is 0.306. The number of anilines is 1. The van der Waals surface area contributed by atoms with Gasteiger partial charge in [0.2, 0.25) is 5.43 Å². The van der Waals surface area contributed by atoms with E-state index in [9.17, 15) is 19.5 Å². The molecule has 37 heavy (non-hydrogen) atoms. The molecule has 184 valence electrons. The third-order valence-electron chi connectivity index (χ3n) is 5.52. The number of nitrogens with zero attached hydrogens (tertiary/aromatic N) is 4. The molecule has 10 nitrogen and oxygen atoms in total.